The van der Waals surface area contributed by atoms with Crippen molar-refractivity contribution in [3.05, 3.63) is 59.4 Å². The number of amides is 1. The lowest BCUT2D eigenvalue weighted by Gasteiger charge is -2.31. The molecule has 1 aliphatic heterocycles. The number of ketones is 1. The van der Waals surface area contributed by atoms with E-state index in [9.17, 15) is 14.0 Å². The number of nitrogens with one attached hydrogen (secondary N) is 1. The third kappa shape index (κ3) is 3.23. The number of rotatable bonds is 2. The van der Waals surface area contributed by atoms with Gasteiger partial charge in [0, 0.05) is 11.3 Å². The molecule has 0 saturated carbocycles. The molecule has 1 heterocycles. The van der Waals surface area contributed by atoms with Gasteiger partial charge in [-0.25, -0.2) is 4.39 Å². The zero-order chi connectivity index (χ0) is 16.6. The summed E-state index contributed by atoms with van der Waals surface area (Å²) in [5, 5.41) is 2.61. The van der Waals surface area contributed by atoms with E-state index in [-0.39, 0.29) is 12.2 Å². The Morgan fingerprint density at radius 2 is 2.00 bits per heavy atom. The van der Waals surface area contributed by atoms with E-state index in [1.165, 1.54) is 24.3 Å². The van der Waals surface area contributed by atoms with Crippen LogP contribution >= 0.6 is 0 Å². The van der Waals surface area contributed by atoms with Crippen LogP contribution in [-0.4, -0.2) is 17.3 Å². The maximum absolute atomic E-state index is 13.2. The number of hydrogen-bond donors (Lipinski definition) is 1. The zero-order valence-electron chi connectivity index (χ0n) is 12.9. The van der Waals surface area contributed by atoms with Gasteiger partial charge in [-0.05, 0) is 50.2 Å². The largest absolute Gasteiger partial charge is 0.487 e. The molecule has 2 aromatic carbocycles. The molecule has 3 rings (SSSR count). The Kier molecular flexibility index (Phi) is 3.64. The van der Waals surface area contributed by atoms with E-state index in [2.05, 4.69) is 5.32 Å². The summed E-state index contributed by atoms with van der Waals surface area (Å²) in [5.74, 6) is -0.416. The van der Waals surface area contributed by atoms with Gasteiger partial charge in [-0.2, -0.15) is 0 Å². The van der Waals surface area contributed by atoms with Crippen LogP contribution in [0.25, 0.3) is 0 Å². The van der Waals surface area contributed by atoms with Gasteiger partial charge in [0.15, 0.2) is 5.78 Å². The highest BCUT2D eigenvalue weighted by Gasteiger charge is 2.32. The third-order valence-electron chi connectivity index (χ3n) is 3.60. The molecule has 23 heavy (non-hydrogen) atoms. The second-order valence-corrected chi connectivity index (χ2v) is 6.14. The second kappa shape index (κ2) is 5.50. The third-order valence-corrected chi connectivity index (χ3v) is 3.60. The van der Waals surface area contributed by atoms with E-state index >= 15 is 0 Å². The molecule has 0 unspecified atom stereocenters. The van der Waals surface area contributed by atoms with Crippen LogP contribution in [0.4, 0.5) is 10.1 Å². The first kappa shape index (κ1) is 15.2. The van der Waals surface area contributed by atoms with Gasteiger partial charge in [0.1, 0.15) is 17.2 Å². The van der Waals surface area contributed by atoms with E-state index in [1.807, 2.05) is 13.8 Å². The van der Waals surface area contributed by atoms with E-state index in [0.29, 0.717) is 22.6 Å². The van der Waals surface area contributed by atoms with Crippen LogP contribution in [0.2, 0.25) is 0 Å². The van der Waals surface area contributed by atoms with Crippen molar-refractivity contribution in [2.45, 2.75) is 25.9 Å². The van der Waals surface area contributed by atoms with Gasteiger partial charge in [0.05, 0.1) is 12.0 Å². The van der Waals surface area contributed by atoms with Gasteiger partial charge in [-0.1, -0.05) is 6.07 Å². The van der Waals surface area contributed by atoms with Crippen LogP contribution in [-0.2, 0) is 0 Å². The van der Waals surface area contributed by atoms with Crippen molar-refractivity contribution in [3.63, 3.8) is 0 Å². The number of halogens is 1. The zero-order valence-corrected chi connectivity index (χ0v) is 12.9. The molecular formula is C18H16FNO3. The lowest BCUT2D eigenvalue weighted by Crippen LogP contribution is -2.36. The quantitative estimate of drug-likeness (QED) is 0.917. The first-order valence-electron chi connectivity index (χ1n) is 7.27. The normalized spacial score (nSPS) is 15.5. The minimum atomic E-state index is -0.546. The molecular weight excluding hydrogens is 297 g/mol. The Morgan fingerprint density at radius 3 is 2.74 bits per heavy atom. The fourth-order valence-corrected chi connectivity index (χ4v) is 2.56. The van der Waals surface area contributed by atoms with Crippen molar-refractivity contribution in [3.8, 4) is 5.75 Å². The fourth-order valence-electron chi connectivity index (χ4n) is 2.56. The number of fused-ring (bicyclic) bond motifs is 1. The predicted octanol–water partition coefficient (Wildman–Crippen LogP) is 3.82. The number of carbonyl (C=O) groups is 2. The summed E-state index contributed by atoms with van der Waals surface area (Å²) in [6.45, 7) is 3.69. The minimum absolute atomic E-state index is 0.0587. The van der Waals surface area contributed by atoms with Crippen LogP contribution in [0, 0.1) is 5.82 Å². The molecule has 5 heteroatoms. The number of ether oxygens (including phenoxy) is 1. The summed E-state index contributed by atoms with van der Waals surface area (Å²) >= 11 is 0. The van der Waals surface area contributed by atoms with Crippen molar-refractivity contribution in [2.75, 3.05) is 5.32 Å². The van der Waals surface area contributed by atoms with Crippen LogP contribution in [0.5, 0.6) is 5.75 Å². The molecule has 1 amide bonds. The molecule has 1 aliphatic rings. The highest BCUT2D eigenvalue weighted by atomic mass is 19.1. The Morgan fingerprint density at radius 1 is 1.22 bits per heavy atom. The second-order valence-electron chi connectivity index (χ2n) is 6.14. The molecule has 0 radical (unpaired) electrons. The highest BCUT2D eigenvalue weighted by molar-refractivity contribution is 6.07. The van der Waals surface area contributed by atoms with Crippen LogP contribution in [0.15, 0.2) is 42.5 Å². The summed E-state index contributed by atoms with van der Waals surface area (Å²) in [6.07, 6.45) is 0.259. The molecule has 0 bridgehead atoms. The lowest BCUT2D eigenvalue weighted by atomic mass is 9.92. The van der Waals surface area contributed by atoms with Crippen molar-refractivity contribution < 1.29 is 18.7 Å². The number of carbonyl (C=O) groups excluding carboxylic acids is 2. The van der Waals surface area contributed by atoms with Crippen LogP contribution in [0.1, 0.15) is 41.0 Å². The Hall–Kier alpha value is -2.69. The molecule has 0 aliphatic carbocycles. The number of anilines is 1. The van der Waals surface area contributed by atoms with Gasteiger partial charge in [-0.3, -0.25) is 9.59 Å². The van der Waals surface area contributed by atoms with E-state index in [0.717, 1.165) is 0 Å². The number of benzene rings is 2. The average Bonchev–Trinajstić information content (AvgIpc) is 2.45. The molecule has 1 N–H and O–H groups in total. The molecule has 0 fully saturated rings. The summed E-state index contributed by atoms with van der Waals surface area (Å²) in [4.78, 5) is 24.5. The van der Waals surface area contributed by atoms with Gasteiger partial charge >= 0.3 is 0 Å². The molecule has 4 nitrogen and oxygen atoms in total. The highest BCUT2D eigenvalue weighted by Crippen LogP contribution is 2.33. The molecule has 0 saturated heterocycles. The van der Waals surface area contributed by atoms with Crippen molar-refractivity contribution in [2.24, 2.45) is 0 Å². The number of hydrogen-bond acceptors (Lipinski definition) is 3. The van der Waals surface area contributed by atoms with E-state index in [1.54, 1.807) is 18.2 Å². The molecule has 2 aromatic rings. The van der Waals surface area contributed by atoms with Crippen molar-refractivity contribution in [1.82, 2.24) is 0 Å². The summed E-state index contributed by atoms with van der Waals surface area (Å²) in [7, 11) is 0. The van der Waals surface area contributed by atoms with Gasteiger partial charge in [0.2, 0.25) is 0 Å². The van der Waals surface area contributed by atoms with Gasteiger partial charge in [-0.15, -0.1) is 0 Å². The molecule has 118 valence electrons. The smallest absolute Gasteiger partial charge is 0.255 e. The monoisotopic (exact) mass is 313 g/mol. The average molecular weight is 313 g/mol. The maximum Gasteiger partial charge on any atom is 0.255 e. The molecule has 0 aromatic heterocycles. The maximum atomic E-state index is 13.2. The summed E-state index contributed by atoms with van der Waals surface area (Å²) in [5.41, 5.74) is 0.535. The Balaban J connectivity index is 1.86. The molecule has 0 atom stereocenters. The summed E-state index contributed by atoms with van der Waals surface area (Å²) < 4.78 is 18.9. The van der Waals surface area contributed by atoms with Gasteiger partial charge < -0.3 is 10.1 Å². The fraction of sp³-hybridized carbons (Fsp3) is 0.222. The van der Waals surface area contributed by atoms with Crippen molar-refractivity contribution >= 4 is 17.4 Å². The number of Topliss-reactive ketones (excluding diaryl/α,β-unsaturated/α-hetero) is 1. The lowest BCUT2D eigenvalue weighted by molar-refractivity contribution is 0.0620. The topological polar surface area (TPSA) is 55.4 Å². The predicted molar refractivity (Wildman–Crippen MR) is 84.4 cm³/mol. The van der Waals surface area contributed by atoms with E-state index in [4.69, 9.17) is 4.74 Å². The molecule has 0 spiro atoms. The SMILES string of the molecule is CC1(C)CC(=O)c2cc(C(=O)Nc3cccc(F)c3)ccc2O1. The Labute approximate surface area is 133 Å². The minimum Gasteiger partial charge on any atom is -0.487 e. The summed E-state index contributed by atoms with van der Waals surface area (Å²) in [6, 6.07) is 10.4. The van der Waals surface area contributed by atoms with E-state index < -0.39 is 17.3 Å². The Bertz CT molecular complexity index is 799. The van der Waals surface area contributed by atoms with Crippen LogP contribution in [0.3, 0.4) is 0 Å². The van der Waals surface area contributed by atoms with Crippen molar-refractivity contribution in [1.29, 1.82) is 0 Å². The first-order valence-corrected chi connectivity index (χ1v) is 7.27. The van der Waals surface area contributed by atoms with Gasteiger partial charge in [0.25, 0.3) is 5.91 Å². The van der Waals surface area contributed by atoms with Crippen LogP contribution < -0.4 is 10.1 Å². The standard InChI is InChI=1S/C18H16FNO3/c1-18(2)10-15(21)14-8-11(6-7-16(14)23-18)17(22)20-13-5-3-4-12(19)9-13/h3-9H,10H2,1-2H3,(H,20,22). The first-order chi connectivity index (χ1) is 10.8.